The van der Waals surface area contributed by atoms with Gasteiger partial charge in [0, 0.05) is 41.3 Å². The number of rotatable bonds is 6. The van der Waals surface area contributed by atoms with Gasteiger partial charge in [0.15, 0.2) is 0 Å². The van der Waals surface area contributed by atoms with Gasteiger partial charge in [-0.3, -0.25) is 0 Å². The van der Waals surface area contributed by atoms with Gasteiger partial charge >= 0.3 is 0 Å². The molecule has 7 rings (SSSR count). The Morgan fingerprint density at radius 3 is 2.29 bits per heavy atom. The van der Waals surface area contributed by atoms with Gasteiger partial charge in [-0.1, -0.05) is 41.9 Å². The van der Waals surface area contributed by atoms with Crippen LogP contribution in [0.3, 0.4) is 0 Å². The highest BCUT2D eigenvalue weighted by molar-refractivity contribution is 6.30. The summed E-state index contributed by atoms with van der Waals surface area (Å²) in [5, 5.41) is 6.17. The van der Waals surface area contributed by atoms with Crippen LogP contribution < -0.4 is 5.32 Å². The Morgan fingerprint density at radius 1 is 0.968 bits per heavy atom. The lowest BCUT2D eigenvalue weighted by Gasteiger charge is -2.59. The Kier molecular flexibility index (Phi) is 4.92. The maximum absolute atomic E-state index is 6.08. The zero-order valence-electron chi connectivity index (χ0n) is 18.5. The third-order valence-electron chi connectivity index (χ3n) is 8.74. The highest BCUT2D eigenvalue weighted by Gasteiger charge is 2.52. The minimum atomic E-state index is 0.552. The van der Waals surface area contributed by atoms with Crippen molar-refractivity contribution in [3.63, 3.8) is 0 Å². The molecule has 0 saturated heterocycles. The van der Waals surface area contributed by atoms with Crippen LogP contribution in [0.1, 0.15) is 56.6 Å². The lowest BCUT2D eigenvalue weighted by molar-refractivity contribution is -0.0706. The summed E-state index contributed by atoms with van der Waals surface area (Å²) in [4.78, 5) is 0. The molecule has 0 unspecified atom stereocenters. The van der Waals surface area contributed by atoms with E-state index in [0.29, 0.717) is 11.5 Å². The van der Waals surface area contributed by atoms with E-state index < -0.39 is 0 Å². The van der Waals surface area contributed by atoms with Crippen molar-refractivity contribution in [2.45, 2.75) is 64.6 Å². The maximum atomic E-state index is 6.08. The predicted molar refractivity (Wildman–Crippen MR) is 129 cm³/mol. The van der Waals surface area contributed by atoms with E-state index in [9.17, 15) is 0 Å². The second kappa shape index (κ2) is 7.67. The predicted octanol–water partition coefficient (Wildman–Crippen LogP) is 7.04. The second-order valence-corrected chi connectivity index (χ2v) is 11.2. The molecule has 0 aliphatic heterocycles. The fourth-order valence-electron chi connectivity index (χ4n) is 7.57. The van der Waals surface area contributed by atoms with Crippen molar-refractivity contribution in [3.05, 3.63) is 70.9 Å². The molecule has 1 aromatic heterocycles. The average molecular weight is 433 g/mol. The molecule has 4 fully saturated rings. The van der Waals surface area contributed by atoms with Gasteiger partial charge in [-0.2, -0.15) is 0 Å². The maximum Gasteiger partial charge on any atom is 0.0486 e. The molecule has 31 heavy (non-hydrogen) atoms. The molecule has 4 aliphatic rings. The third-order valence-corrected chi connectivity index (χ3v) is 8.99. The molecule has 162 valence electrons. The van der Waals surface area contributed by atoms with Gasteiger partial charge in [0.1, 0.15) is 0 Å². The molecule has 4 saturated carbocycles. The van der Waals surface area contributed by atoms with Gasteiger partial charge in [-0.05, 0) is 97.9 Å². The Bertz CT molecular complexity index is 1040. The molecule has 1 atom stereocenters. The first-order chi connectivity index (χ1) is 15.1. The molecule has 1 N–H and O–H groups in total. The van der Waals surface area contributed by atoms with Crippen LogP contribution in [-0.4, -0.2) is 10.6 Å². The summed E-state index contributed by atoms with van der Waals surface area (Å²) in [6.45, 7) is 4.30. The summed E-state index contributed by atoms with van der Waals surface area (Å²) in [5.41, 5.74) is 4.57. The zero-order valence-corrected chi connectivity index (χ0v) is 19.2. The number of nitrogens with zero attached hydrogens (tertiary/aromatic N) is 1. The zero-order chi connectivity index (χ0) is 21.0. The minimum Gasteiger partial charge on any atom is -0.343 e. The lowest BCUT2D eigenvalue weighted by Crippen LogP contribution is -2.54. The number of hydrogen-bond donors (Lipinski definition) is 1. The van der Waals surface area contributed by atoms with E-state index >= 15 is 0 Å². The van der Waals surface area contributed by atoms with Gasteiger partial charge in [0.25, 0.3) is 0 Å². The summed E-state index contributed by atoms with van der Waals surface area (Å²) in [5.74, 6) is 3.03. The van der Waals surface area contributed by atoms with Crippen molar-refractivity contribution in [1.29, 1.82) is 0 Å². The molecule has 4 aliphatic carbocycles. The highest BCUT2D eigenvalue weighted by Crippen LogP contribution is 2.61. The summed E-state index contributed by atoms with van der Waals surface area (Å²) in [6, 6.07) is 17.7. The molecule has 1 heterocycles. The molecule has 2 aromatic carbocycles. The molecule has 4 bridgehead atoms. The Labute approximate surface area is 191 Å². The quantitative estimate of drug-likeness (QED) is 0.442. The van der Waals surface area contributed by atoms with Crippen LogP contribution in [0.4, 0.5) is 0 Å². The number of aromatic nitrogens is 1. The molecule has 3 aromatic rings. The van der Waals surface area contributed by atoms with Gasteiger partial charge in [-0.15, -0.1) is 0 Å². The number of halogens is 1. The number of para-hydroxylation sites is 1. The minimum absolute atomic E-state index is 0.552. The van der Waals surface area contributed by atoms with E-state index in [-0.39, 0.29) is 0 Å². The Morgan fingerprint density at radius 2 is 1.61 bits per heavy atom. The van der Waals surface area contributed by atoms with Crippen LogP contribution >= 0.6 is 11.6 Å². The Balaban J connectivity index is 1.22. The van der Waals surface area contributed by atoms with E-state index in [1.807, 2.05) is 12.1 Å². The third kappa shape index (κ3) is 3.62. The number of fused-ring (bicyclic) bond motifs is 1. The van der Waals surface area contributed by atoms with Gasteiger partial charge in [0.2, 0.25) is 0 Å². The average Bonchev–Trinajstić information content (AvgIpc) is 3.10. The lowest BCUT2D eigenvalue weighted by atomic mass is 9.48. The van der Waals surface area contributed by atoms with Crippen molar-refractivity contribution in [1.82, 2.24) is 9.88 Å². The topological polar surface area (TPSA) is 17.0 Å². The molecular formula is C28H33ClN2. The highest BCUT2D eigenvalue weighted by atomic mass is 35.5. The molecule has 0 spiro atoms. The fourth-order valence-corrected chi connectivity index (χ4v) is 7.69. The molecule has 0 radical (unpaired) electrons. The van der Waals surface area contributed by atoms with E-state index in [1.165, 1.54) is 60.6 Å². The van der Waals surface area contributed by atoms with Crippen molar-refractivity contribution in [3.8, 4) is 0 Å². The molecule has 3 heteroatoms. The van der Waals surface area contributed by atoms with Crippen LogP contribution in [0.25, 0.3) is 10.9 Å². The van der Waals surface area contributed by atoms with Gasteiger partial charge in [0.05, 0.1) is 0 Å². The molecular weight excluding hydrogens is 400 g/mol. The van der Waals surface area contributed by atoms with E-state index in [0.717, 1.165) is 35.9 Å². The number of nitrogens with one attached hydrogen (secondary N) is 1. The molecule has 0 amide bonds. The van der Waals surface area contributed by atoms with Crippen molar-refractivity contribution in [2.24, 2.45) is 23.2 Å². The van der Waals surface area contributed by atoms with Crippen molar-refractivity contribution in [2.75, 3.05) is 0 Å². The SMILES string of the molecule is C[C@H](NCc1cn(Cc2ccc(Cl)cc2)c2ccccc12)C12CC3CC(CC(C3)C1)C2. The Hall–Kier alpha value is -1.77. The summed E-state index contributed by atoms with van der Waals surface area (Å²) in [6.07, 6.45) is 11.3. The van der Waals surface area contributed by atoms with Crippen molar-refractivity contribution >= 4 is 22.5 Å². The van der Waals surface area contributed by atoms with Crippen LogP contribution in [0, 0.1) is 23.2 Å². The first-order valence-corrected chi connectivity index (χ1v) is 12.5. The molecule has 2 nitrogen and oxygen atoms in total. The van der Waals surface area contributed by atoms with E-state index in [4.69, 9.17) is 11.6 Å². The second-order valence-electron chi connectivity index (χ2n) is 10.8. The number of benzene rings is 2. The van der Waals surface area contributed by atoms with Crippen LogP contribution in [0.5, 0.6) is 0 Å². The first kappa shape index (κ1) is 19.9. The fraction of sp³-hybridized carbons (Fsp3) is 0.500. The smallest absolute Gasteiger partial charge is 0.0486 e. The first-order valence-electron chi connectivity index (χ1n) is 12.1. The van der Waals surface area contributed by atoms with Crippen molar-refractivity contribution < 1.29 is 0 Å². The summed E-state index contributed by atoms with van der Waals surface area (Å²) in [7, 11) is 0. The van der Waals surface area contributed by atoms with Crippen LogP contribution in [0.15, 0.2) is 54.7 Å². The van der Waals surface area contributed by atoms with E-state index in [1.54, 1.807) is 0 Å². The monoisotopic (exact) mass is 432 g/mol. The van der Waals surface area contributed by atoms with E-state index in [2.05, 4.69) is 59.4 Å². The van der Waals surface area contributed by atoms with Gasteiger partial charge < -0.3 is 9.88 Å². The largest absolute Gasteiger partial charge is 0.343 e. The van der Waals surface area contributed by atoms with Crippen LogP contribution in [-0.2, 0) is 13.1 Å². The normalized spacial score (nSPS) is 30.2. The van der Waals surface area contributed by atoms with Crippen LogP contribution in [0.2, 0.25) is 5.02 Å². The standard InChI is InChI=1S/C28H33ClN2/c1-19(28-13-21-10-22(14-28)12-23(11-21)15-28)30-16-24-18-31(27-5-3-2-4-26(24)27)17-20-6-8-25(29)9-7-20/h2-9,18-19,21-23,30H,10-17H2,1H3/t19-,21?,22?,23?,28?/m0/s1. The number of hydrogen-bond acceptors (Lipinski definition) is 1. The summed E-state index contributed by atoms with van der Waals surface area (Å²) >= 11 is 6.08. The summed E-state index contributed by atoms with van der Waals surface area (Å²) < 4.78 is 2.39. The van der Waals surface area contributed by atoms with Gasteiger partial charge in [-0.25, -0.2) is 0 Å².